The van der Waals surface area contributed by atoms with Gasteiger partial charge in [0.25, 0.3) is 10.0 Å². The van der Waals surface area contributed by atoms with Gasteiger partial charge in [-0.15, -0.1) is 0 Å². The highest BCUT2D eigenvalue weighted by molar-refractivity contribution is 7.90. The largest absolute Gasteiger partial charge is 0.355 e. The highest BCUT2D eigenvalue weighted by atomic mass is 32.2. The van der Waals surface area contributed by atoms with Gasteiger partial charge >= 0.3 is 0 Å². The van der Waals surface area contributed by atoms with Gasteiger partial charge in [0, 0.05) is 44.2 Å². The molecular weight excluding hydrogens is 422 g/mol. The highest BCUT2D eigenvalue weighted by Crippen LogP contribution is 2.25. The first-order valence-electron chi connectivity index (χ1n) is 9.33. The monoisotopic (exact) mass is 441 g/mol. The Morgan fingerprint density at radius 2 is 1.81 bits per heavy atom. The number of carbonyl (C=O) groups is 2. The lowest BCUT2D eigenvalue weighted by Crippen LogP contribution is -2.52. The third kappa shape index (κ3) is 4.53. The van der Waals surface area contributed by atoms with E-state index in [4.69, 9.17) is 0 Å². The summed E-state index contributed by atoms with van der Waals surface area (Å²) in [6, 6.07) is 9.20. The van der Waals surface area contributed by atoms with Crippen molar-refractivity contribution in [1.82, 2.24) is 24.5 Å². The molecule has 3 aromatic rings. The van der Waals surface area contributed by atoms with Crippen molar-refractivity contribution in [2.45, 2.75) is 11.8 Å². The van der Waals surface area contributed by atoms with Crippen LogP contribution in [-0.2, 0) is 19.6 Å². The van der Waals surface area contributed by atoms with Gasteiger partial charge < -0.3 is 10.2 Å². The number of nitrogens with zero attached hydrogens (tertiary/aromatic N) is 5. The summed E-state index contributed by atoms with van der Waals surface area (Å²) in [5, 5.41) is 6.92. The second-order valence-electron chi connectivity index (χ2n) is 6.96. The van der Waals surface area contributed by atoms with Crippen LogP contribution in [0.5, 0.6) is 0 Å². The molecule has 31 heavy (non-hydrogen) atoms. The average molecular weight is 441 g/mol. The molecule has 11 nitrogen and oxygen atoms in total. The summed E-state index contributed by atoms with van der Waals surface area (Å²) < 4.78 is 27.5. The molecule has 0 spiro atoms. The SMILES string of the molecule is CC(=O)NS(=O)(=O)c1ccc(NC(=O)C2CN(c3cc(-n4cccn4)ncn3)C2)cc1. The zero-order chi connectivity index (χ0) is 22.0. The summed E-state index contributed by atoms with van der Waals surface area (Å²) in [5.74, 6) is 0.266. The van der Waals surface area contributed by atoms with Crippen LogP contribution in [-0.4, -0.2) is 53.1 Å². The number of rotatable bonds is 6. The fraction of sp³-hybridized carbons (Fsp3) is 0.211. The van der Waals surface area contributed by atoms with Gasteiger partial charge in [-0.1, -0.05) is 0 Å². The van der Waals surface area contributed by atoms with Gasteiger partial charge in [0.1, 0.15) is 12.1 Å². The average Bonchev–Trinajstić information content (AvgIpc) is 3.21. The van der Waals surface area contributed by atoms with E-state index in [0.29, 0.717) is 30.4 Å². The van der Waals surface area contributed by atoms with E-state index in [0.717, 1.165) is 6.92 Å². The number of nitrogens with one attached hydrogen (secondary N) is 2. The van der Waals surface area contributed by atoms with Gasteiger partial charge in [-0.25, -0.2) is 27.8 Å². The molecule has 0 unspecified atom stereocenters. The Bertz CT molecular complexity index is 1200. The lowest BCUT2D eigenvalue weighted by molar-refractivity contribution is -0.120. The second-order valence-corrected chi connectivity index (χ2v) is 8.64. The first-order chi connectivity index (χ1) is 14.8. The van der Waals surface area contributed by atoms with Crippen molar-refractivity contribution < 1.29 is 18.0 Å². The van der Waals surface area contributed by atoms with Crippen LogP contribution in [0, 0.1) is 5.92 Å². The lowest BCUT2D eigenvalue weighted by atomic mass is 9.99. The van der Waals surface area contributed by atoms with Crippen LogP contribution in [0.1, 0.15) is 6.92 Å². The number of benzene rings is 1. The zero-order valence-corrected chi connectivity index (χ0v) is 17.3. The molecule has 3 heterocycles. The van der Waals surface area contributed by atoms with Gasteiger partial charge in [0.2, 0.25) is 11.8 Å². The Hall–Kier alpha value is -3.80. The standard InChI is InChI=1S/C19H19N7O4S/c1-13(27)24-31(29,30)16-5-3-15(4-6-16)23-19(28)14-10-25(11-14)17-9-18(21-12-20-17)26-8-2-7-22-26/h2-9,12,14H,10-11H2,1H3,(H,23,28)(H,24,27). The maximum Gasteiger partial charge on any atom is 0.264 e. The summed E-state index contributed by atoms with van der Waals surface area (Å²) in [4.78, 5) is 33.8. The first kappa shape index (κ1) is 20.5. The number of amides is 2. The van der Waals surface area contributed by atoms with E-state index >= 15 is 0 Å². The lowest BCUT2D eigenvalue weighted by Gasteiger charge is -2.39. The molecule has 4 rings (SSSR count). The maximum absolute atomic E-state index is 12.5. The van der Waals surface area contributed by atoms with E-state index in [9.17, 15) is 18.0 Å². The molecule has 1 aromatic carbocycles. The molecular formula is C19H19N7O4S. The number of sulfonamides is 1. The van der Waals surface area contributed by atoms with Crippen LogP contribution in [0.3, 0.4) is 0 Å². The van der Waals surface area contributed by atoms with Crippen molar-refractivity contribution in [2.75, 3.05) is 23.3 Å². The summed E-state index contributed by atoms with van der Waals surface area (Å²) in [6.45, 7) is 2.11. The van der Waals surface area contributed by atoms with Crippen LogP contribution in [0.4, 0.5) is 11.5 Å². The fourth-order valence-corrected chi connectivity index (χ4v) is 4.07. The molecule has 160 valence electrons. The maximum atomic E-state index is 12.5. The van der Waals surface area contributed by atoms with Gasteiger partial charge in [-0.2, -0.15) is 5.10 Å². The van der Waals surface area contributed by atoms with Crippen molar-refractivity contribution in [2.24, 2.45) is 5.92 Å². The van der Waals surface area contributed by atoms with E-state index in [1.807, 2.05) is 9.62 Å². The molecule has 0 aliphatic carbocycles. The van der Waals surface area contributed by atoms with Gasteiger partial charge in [0.15, 0.2) is 5.82 Å². The third-order valence-electron chi connectivity index (χ3n) is 4.66. The highest BCUT2D eigenvalue weighted by Gasteiger charge is 2.33. The Labute approximate surface area is 178 Å². The van der Waals surface area contributed by atoms with Crippen molar-refractivity contribution in [3.8, 4) is 5.82 Å². The molecule has 1 saturated heterocycles. The van der Waals surface area contributed by atoms with Crippen LogP contribution in [0.15, 0.2) is 60.0 Å². The quantitative estimate of drug-likeness (QED) is 0.566. The van der Waals surface area contributed by atoms with Gasteiger partial charge in [0.05, 0.1) is 10.8 Å². The predicted molar refractivity (Wildman–Crippen MR) is 111 cm³/mol. The fourth-order valence-electron chi connectivity index (χ4n) is 3.08. The molecule has 1 aliphatic rings. The second kappa shape index (κ2) is 8.14. The van der Waals surface area contributed by atoms with Gasteiger partial charge in [-0.05, 0) is 30.3 Å². The Morgan fingerprint density at radius 3 is 2.45 bits per heavy atom. The molecule has 0 bridgehead atoms. The summed E-state index contributed by atoms with van der Waals surface area (Å²) in [6.07, 6.45) is 4.90. The number of aromatic nitrogens is 4. The van der Waals surface area contributed by atoms with Crippen molar-refractivity contribution in [3.63, 3.8) is 0 Å². The molecule has 2 N–H and O–H groups in total. The summed E-state index contributed by atoms with van der Waals surface area (Å²) >= 11 is 0. The third-order valence-corrected chi connectivity index (χ3v) is 6.11. The topological polar surface area (TPSA) is 139 Å². The smallest absolute Gasteiger partial charge is 0.264 e. The van der Waals surface area contributed by atoms with Crippen molar-refractivity contribution in [1.29, 1.82) is 0 Å². The number of carbonyl (C=O) groups excluding carboxylic acids is 2. The molecule has 1 aliphatic heterocycles. The number of hydrogen-bond donors (Lipinski definition) is 2. The Balaban J connectivity index is 1.34. The molecule has 12 heteroatoms. The summed E-state index contributed by atoms with van der Waals surface area (Å²) in [7, 11) is -3.91. The minimum atomic E-state index is -3.91. The van der Waals surface area contributed by atoms with Gasteiger partial charge in [-0.3, -0.25) is 9.59 Å². The van der Waals surface area contributed by atoms with E-state index in [2.05, 4.69) is 20.4 Å². The minimum Gasteiger partial charge on any atom is -0.355 e. The first-order valence-corrected chi connectivity index (χ1v) is 10.8. The normalized spacial score (nSPS) is 14.0. The minimum absolute atomic E-state index is 0.0627. The molecule has 0 radical (unpaired) electrons. The molecule has 0 saturated carbocycles. The molecule has 0 atom stereocenters. The molecule has 1 fully saturated rings. The molecule has 2 amide bonds. The van der Waals surface area contributed by atoms with E-state index < -0.39 is 15.9 Å². The zero-order valence-electron chi connectivity index (χ0n) is 16.5. The molecule has 2 aromatic heterocycles. The van der Waals surface area contributed by atoms with Crippen molar-refractivity contribution in [3.05, 3.63) is 55.1 Å². The summed E-state index contributed by atoms with van der Waals surface area (Å²) in [5.41, 5.74) is 0.466. The van der Waals surface area contributed by atoms with Crippen molar-refractivity contribution >= 4 is 33.3 Å². The van der Waals surface area contributed by atoms with Crippen LogP contribution in [0.25, 0.3) is 5.82 Å². The van der Waals surface area contributed by atoms with E-state index in [1.54, 1.807) is 29.2 Å². The van der Waals surface area contributed by atoms with E-state index in [1.165, 1.54) is 30.6 Å². The Kier molecular flexibility index (Phi) is 5.38. The Morgan fingerprint density at radius 1 is 1.10 bits per heavy atom. The van der Waals surface area contributed by atoms with Crippen LogP contribution in [0.2, 0.25) is 0 Å². The van der Waals surface area contributed by atoms with E-state index in [-0.39, 0.29) is 16.7 Å². The predicted octanol–water partition coefficient (Wildman–Crippen LogP) is 0.562. The number of hydrogen-bond acceptors (Lipinski definition) is 8. The van der Waals surface area contributed by atoms with Crippen LogP contribution >= 0.6 is 0 Å². The van der Waals surface area contributed by atoms with Crippen LogP contribution < -0.4 is 14.9 Å². The number of anilines is 2.